The molecule has 2 fully saturated rings. The van der Waals surface area contributed by atoms with Gasteiger partial charge >= 0.3 is 0 Å². The molecule has 2 aliphatic rings. The number of likely N-dealkylation sites (tertiary alicyclic amines) is 1. The number of piperidine rings is 1. The van der Waals surface area contributed by atoms with Crippen LogP contribution in [0.25, 0.3) is 6.08 Å². The average molecular weight is 324 g/mol. The largest absolute Gasteiger partial charge is 0.286 e. The molecule has 0 saturated carbocycles. The van der Waals surface area contributed by atoms with Gasteiger partial charge in [0.2, 0.25) is 0 Å². The highest BCUT2D eigenvalue weighted by atomic mass is 32.2. The smallest absolute Gasteiger partial charge is 0.267 e. The lowest BCUT2D eigenvalue weighted by Crippen LogP contribution is -2.42. The molecule has 3 nitrogen and oxygen atoms in total. The molecule has 6 heteroatoms. The van der Waals surface area contributed by atoms with Crippen LogP contribution < -0.4 is 0 Å². The number of rotatable bonds is 3. The summed E-state index contributed by atoms with van der Waals surface area (Å²) in [5, 5.41) is 2.01. The first-order valence-electron chi connectivity index (χ1n) is 6.75. The van der Waals surface area contributed by atoms with Gasteiger partial charge in [-0.1, -0.05) is 36.5 Å². The summed E-state index contributed by atoms with van der Waals surface area (Å²) in [5.74, 6) is 0.0546. The lowest BCUT2D eigenvalue weighted by Gasteiger charge is -2.29. The molecule has 0 aromatic carbocycles. The summed E-state index contributed by atoms with van der Waals surface area (Å²) in [6, 6.07) is 4.01. The van der Waals surface area contributed by atoms with Crippen molar-refractivity contribution in [3.63, 3.8) is 0 Å². The van der Waals surface area contributed by atoms with Crippen LogP contribution in [0.5, 0.6) is 0 Å². The second-order valence-corrected chi connectivity index (χ2v) is 7.60. The van der Waals surface area contributed by atoms with Crippen LogP contribution in [-0.4, -0.2) is 39.8 Å². The van der Waals surface area contributed by atoms with Crippen LogP contribution in [0.15, 0.2) is 22.4 Å². The van der Waals surface area contributed by atoms with E-state index in [-0.39, 0.29) is 5.91 Å². The number of hydrogen-bond donors (Lipinski definition) is 0. The molecular formula is C14H16N2OS3. The van der Waals surface area contributed by atoms with E-state index in [1.807, 2.05) is 23.6 Å². The van der Waals surface area contributed by atoms with Crippen LogP contribution in [0.2, 0.25) is 0 Å². The van der Waals surface area contributed by atoms with Gasteiger partial charge in [-0.25, -0.2) is 0 Å². The summed E-state index contributed by atoms with van der Waals surface area (Å²) in [5.41, 5.74) is 0. The number of carbonyl (C=O) groups excluding carboxylic acids is 1. The van der Waals surface area contributed by atoms with E-state index >= 15 is 0 Å². The number of thioether (sulfide) groups is 1. The Labute approximate surface area is 132 Å². The van der Waals surface area contributed by atoms with Crippen molar-refractivity contribution in [2.24, 2.45) is 0 Å². The predicted octanol–water partition coefficient (Wildman–Crippen LogP) is 3.39. The van der Waals surface area contributed by atoms with Gasteiger partial charge in [-0.05, 0) is 43.5 Å². The third-order valence-electron chi connectivity index (χ3n) is 3.48. The lowest BCUT2D eigenvalue weighted by molar-refractivity contribution is -0.123. The van der Waals surface area contributed by atoms with Crippen LogP contribution >= 0.6 is 35.3 Å². The van der Waals surface area contributed by atoms with Crippen molar-refractivity contribution >= 4 is 51.6 Å². The van der Waals surface area contributed by atoms with Crippen molar-refractivity contribution in [3.8, 4) is 0 Å². The molecule has 1 aromatic heterocycles. The van der Waals surface area contributed by atoms with Crippen molar-refractivity contribution in [1.29, 1.82) is 0 Å². The maximum atomic E-state index is 12.4. The molecule has 0 aliphatic carbocycles. The van der Waals surface area contributed by atoms with Gasteiger partial charge < -0.3 is 0 Å². The molecular weight excluding hydrogens is 308 g/mol. The second kappa shape index (κ2) is 6.39. The quantitative estimate of drug-likeness (QED) is 0.628. The van der Waals surface area contributed by atoms with E-state index in [4.69, 9.17) is 12.2 Å². The summed E-state index contributed by atoms with van der Waals surface area (Å²) in [6.07, 6.45) is 5.69. The molecule has 3 heterocycles. The molecule has 20 heavy (non-hydrogen) atoms. The Hall–Kier alpha value is -0.690. The topological polar surface area (TPSA) is 23.6 Å². The summed E-state index contributed by atoms with van der Waals surface area (Å²) in [6.45, 7) is 2.79. The van der Waals surface area contributed by atoms with Crippen molar-refractivity contribution in [3.05, 3.63) is 27.3 Å². The molecule has 0 spiro atoms. The SMILES string of the molecule is O=C1/C(=C/c2cccs2)SC(=S)N1CN1CCCCC1. The van der Waals surface area contributed by atoms with Gasteiger partial charge in [0.15, 0.2) is 0 Å². The first-order valence-corrected chi connectivity index (χ1v) is 8.86. The summed E-state index contributed by atoms with van der Waals surface area (Å²) < 4.78 is 0.684. The number of nitrogens with zero attached hydrogens (tertiary/aromatic N) is 2. The van der Waals surface area contributed by atoms with Crippen LogP contribution in [0.1, 0.15) is 24.1 Å². The minimum atomic E-state index is 0.0546. The van der Waals surface area contributed by atoms with Gasteiger partial charge in [-0.3, -0.25) is 14.6 Å². The molecule has 0 bridgehead atoms. The Morgan fingerprint density at radius 2 is 2.10 bits per heavy atom. The van der Waals surface area contributed by atoms with E-state index in [2.05, 4.69) is 4.90 Å². The molecule has 1 amide bonds. The normalized spacial score (nSPS) is 23.0. The van der Waals surface area contributed by atoms with Crippen molar-refractivity contribution in [2.75, 3.05) is 19.8 Å². The first kappa shape index (κ1) is 14.3. The van der Waals surface area contributed by atoms with E-state index in [0.717, 1.165) is 22.9 Å². The van der Waals surface area contributed by atoms with Crippen LogP contribution in [0, 0.1) is 0 Å². The van der Waals surface area contributed by atoms with E-state index in [1.54, 1.807) is 16.2 Å². The number of thiophene rings is 1. The third kappa shape index (κ3) is 3.14. The van der Waals surface area contributed by atoms with Gasteiger partial charge in [0, 0.05) is 4.88 Å². The van der Waals surface area contributed by atoms with Gasteiger partial charge in [-0.15, -0.1) is 11.3 Å². The monoisotopic (exact) mass is 324 g/mol. The zero-order valence-corrected chi connectivity index (χ0v) is 13.5. The van der Waals surface area contributed by atoms with Crippen LogP contribution in [0.3, 0.4) is 0 Å². The maximum Gasteiger partial charge on any atom is 0.267 e. The summed E-state index contributed by atoms with van der Waals surface area (Å²) >= 11 is 8.42. The lowest BCUT2D eigenvalue weighted by atomic mass is 10.1. The average Bonchev–Trinajstić information content (AvgIpc) is 3.05. The molecule has 3 rings (SSSR count). The molecule has 0 radical (unpaired) electrons. The Balaban J connectivity index is 1.70. The third-order valence-corrected chi connectivity index (χ3v) is 5.68. The maximum absolute atomic E-state index is 12.4. The fourth-order valence-corrected chi connectivity index (χ4v) is 4.39. The Morgan fingerprint density at radius 3 is 2.80 bits per heavy atom. The first-order chi connectivity index (χ1) is 9.74. The zero-order valence-electron chi connectivity index (χ0n) is 11.1. The molecule has 1 aromatic rings. The van der Waals surface area contributed by atoms with Crippen molar-refractivity contribution in [2.45, 2.75) is 19.3 Å². The van der Waals surface area contributed by atoms with Gasteiger partial charge in [0.1, 0.15) is 4.32 Å². The number of carbonyl (C=O) groups is 1. The van der Waals surface area contributed by atoms with Crippen LogP contribution in [-0.2, 0) is 4.79 Å². The molecule has 2 aliphatic heterocycles. The van der Waals surface area contributed by atoms with Crippen molar-refractivity contribution < 1.29 is 4.79 Å². The molecule has 106 valence electrons. The number of thiocarbonyl (C=S) groups is 1. The standard InChI is InChI=1S/C14H16N2OS3/c17-13-12(9-11-5-4-8-19-11)20-14(18)16(13)10-15-6-2-1-3-7-15/h4-5,8-9H,1-3,6-7,10H2/b12-9-. The fourth-order valence-electron chi connectivity index (χ4n) is 2.43. The van der Waals surface area contributed by atoms with Gasteiger partial charge in [-0.2, -0.15) is 0 Å². The minimum absolute atomic E-state index is 0.0546. The summed E-state index contributed by atoms with van der Waals surface area (Å²) in [4.78, 5) is 18.4. The minimum Gasteiger partial charge on any atom is -0.286 e. The zero-order chi connectivity index (χ0) is 13.9. The highest BCUT2D eigenvalue weighted by Gasteiger charge is 2.33. The van der Waals surface area contributed by atoms with Crippen molar-refractivity contribution in [1.82, 2.24) is 9.80 Å². The fraction of sp³-hybridized carbons (Fsp3) is 0.429. The Morgan fingerprint density at radius 1 is 1.30 bits per heavy atom. The highest BCUT2D eigenvalue weighted by Crippen LogP contribution is 2.33. The molecule has 0 N–H and O–H groups in total. The molecule has 0 unspecified atom stereocenters. The van der Waals surface area contributed by atoms with E-state index in [9.17, 15) is 4.79 Å². The number of amides is 1. The van der Waals surface area contributed by atoms with Gasteiger partial charge in [0.05, 0.1) is 11.6 Å². The predicted molar refractivity (Wildman–Crippen MR) is 89.6 cm³/mol. The molecule has 0 atom stereocenters. The number of hydrogen-bond acceptors (Lipinski definition) is 5. The summed E-state index contributed by atoms with van der Waals surface area (Å²) in [7, 11) is 0. The Kier molecular flexibility index (Phi) is 4.55. The van der Waals surface area contributed by atoms with E-state index in [0.29, 0.717) is 11.0 Å². The Bertz CT molecular complexity index is 533. The van der Waals surface area contributed by atoms with E-state index < -0.39 is 0 Å². The second-order valence-electron chi connectivity index (χ2n) is 4.95. The molecule has 2 saturated heterocycles. The van der Waals surface area contributed by atoms with Gasteiger partial charge in [0.25, 0.3) is 5.91 Å². The van der Waals surface area contributed by atoms with Crippen LogP contribution in [0.4, 0.5) is 0 Å². The highest BCUT2D eigenvalue weighted by molar-refractivity contribution is 8.26. The van der Waals surface area contributed by atoms with E-state index in [1.165, 1.54) is 31.0 Å².